The molecule has 1 saturated heterocycles. The Morgan fingerprint density at radius 3 is 2.83 bits per heavy atom. The van der Waals surface area contributed by atoms with Gasteiger partial charge < -0.3 is 19.9 Å². The summed E-state index contributed by atoms with van der Waals surface area (Å²) in [5.74, 6) is 0.579. The maximum absolute atomic E-state index is 12.7. The maximum atomic E-state index is 12.7. The maximum Gasteiger partial charge on any atom is 0.411 e. The summed E-state index contributed by atoms with van der Waals surface area (Å²) in [6.45, 7) is 3.24. The topological polar surface area (TPSA) is 148 Å². The average Bonchev–Trinajstić information content (AvgIpc) is 3.57. The van der Waals surface area contributed by atoms with Crippen LogP contribution in [0.3, 0.4) is 0 Å². The summed E-state index contributed by atoms with van der Waals surface area (Å²) in [6, 6.07) is 15.6. The summed E-state index contributed by atoms with van der Waals surface area (Å²) in [7, 11) is 0. The molecule has 216 valence electrons. The summed E-state index contributed by atoms with van der Waals surface area (Å²) < 4.78 is 14.3. The molecule has 0 saturated carbocycles. The van der Waals surface area contributed by atoms with Crippen molar-refractivity contribution in [3.8, 4) is 0 Å². The van der Waals surface area contributed by atoms with Crippen molar-refractivity contribution in [1.82, 2.24) is 29.3 Å². The molecule has 4 heterocycles. The number of carboxylic acid groups (broad SMARTS) is 1. The lowest BCUT2D eigenvalue weighted by Gasteiger charge is -2.32. The normalized spacial score (nSPS) is 15.2. The molecule has 1 unspecified atom stereocenters. The van der Waals surface area contributed by atoms with Crippen molar-refractivity contribution in [2.45, 2.75) is 25.9 Å². The number of fused-ring (bicyclic) bond motifs is 2. The number of rotatable bonds is 8. The number of morpholine rings is 1. The monoisotopic (exact) mass is 570 g/mol. The fourth-order valence-electron chi connectivity index (χ4n) is 5.18. The van der Waals surface area contributed by atoms with E-state index in [-0.39, 0.29) is 19.8 Å². The average molecular weight is 571 g/mol. The van der Waals surface area contributed by atoms with E-state index >= 15 is 0 Å². The molecule has 13 heteroatoms. The molecule has 2 aromatic carbocycles. The second kappa shape index (κ2) is 11.7. The Bertz CT molecular complexity index is 1730. The first-order valence-corrected chi connectivity index (χ1v) is 13.6. The van der Waals surface area contributed by atoms with Crippen molar-refractivity contribution in [1.29, 1.82) is 0 Å². The van der Waals surface area contributed by atoms with Crippen LogP contribution < -0.4 is 10.6 Å². The van der Waals surface area contributed by atoms with Gasteiger partial charge in [0.05, 0.1) is 49.4 Å². The minimum absolute atomic E-state index is 0.121. The zero-order valence-corrected chi connectivity index (χ0v) is 22.9. The minimum atomic E-state index is -1.07. The first-order valence-electron chi connectivity index (χ1n) is 13.6. The van der Waals surface area contributed by atoms with Crippen LogP contribution in [-0.4, -0.2) is 79.0 Å². The molecule has 0 radical (unpaired) electrons. The highest BCUT2D eigenvalue weighted by atomic mass is 16.6. The van der Waals surface area contributed by atoms with Crippen molar-refractivity contribution >= 4 is 45.8 Å². The number of benzene rings is 2. The van der Waals surface area contributed by atoms with Gasteiger partial charge in [-0.15, -0.1) is 0 Å². The third kappa shape index (κ3) is 5.54. The summed E-state index contributed by atoms with van der Waals surface area (Å²) in [5.41, 5.74) is 5.08. The standard InChI is InChI=1S/C29H30N8O5/c1-2-23-24(34-28(38)42-17-22-16-41-11-10-35(22)29(39)40)15-37-26(23)27(30-18-32-37)33-21-8-9-25-20(12-21)13-31-36(25)14-19-6-4-3-5-7-19/h3-9,12-13,15,18,22H,2,10-11,14,16-17H2,1H3,(H,34,38)(H,39,40)(H,30,32,33). The molecule has 13 nitrogen and oxygen atoms in total. The van der Waals surface area contributed by atoms with Gasteiger partial charge in [0.15, 0.2) is 5.82 Å². The predicted molar refractivity (Wildman–Crippen MR) is 155 cm³/mol. The van der Waals surface area contributed by atoms with E-state index in [9.17, 15) is 14.7 Å². The van der Waals surface area contributed by atoms with Crippen LogP contribution in [0.25, 0.3) is 16.4 Å². The van der Waals surface area contributed by atoms with Crippen molar-refractivity contribution < 1.29 is 24.2 Å². The van der Waals surface area contributed by atoms with Crippen molar-refractivity contribution in [2.24, 2.45) is 0 Å². The largest absolute Gasteiger partial charge is 0.465 e. The van der Waals surface area contributed by atoms with Crippen LogP contribution in [0.4, 0.5) is 26.8 Å². The molecule has 5 aromatic rings. The number of aryl methyl sites for hydroxylation is 1. The van der Waals surface area contributed by atoms with E-state index in [0.717, 1.165) is 22.2 Å². The summed E-state index contributed by atoms with van der Waals surface area (Å²) in [4.78, 5) is 29.9. The van der Waals surface area contributed by atoms with Gasteiger partial charge >= 0.3 is 12.2 Å². The lowest BCUT2D eigenvalue weighted by molar-refractivity contribution is -0.0203. The smallest absolute Gasteiger partial charge is 0.411 e. The van der Waals surface area contributed by atoms with Crippen LogP contribution in [0.1, 0.15) is 18.1 Å². The molecule has 3 N–H and O–H groups in total. The Labute approximate surface area is 240 Å². The number of anilines is 3. The zero-order valence-electron chi connectivity index (χ0n) is 22.9. The number of nitrogens with one attached hydrogen (secondary N) is 2. The molecule has 0 aliphatic carbocycles. The number of nitrogens with zero attached hydrogens (tertiary/aromatic N) is 6. The molecule has 1 aliphatic heterocycles. The number of hydrogen-bond acceptors (Lipinski definition) is 8. The molecule has 2 amide bonds. The van der Waals surface area contributed by atoms with E-state index in [1.54, 1.807) is 10.7 Å². The van der Waals surface area contributed by atoms with Gasteiger partial charge in [0.1, 0.15) is 18.5 Å². The van der Waals surface area contributed by atoms with Gasteiger partial charge in [0.2, 0.25) is 0 Å². The lowest BCUT2D eigenvalue weighted by atomic mass is 10.2. The summed E-state index contributed by atoms with van der Waals surface area (Å²) in [6.07, 6.45) is 3.80. The molecule has 0 spiro atoms. The Morgan fingerprint density at radius 1 is 1.17 bits per heavy atom. The van der Waals surface area contributed by atoms with Crippen LogP contribution in [-0.2, 0) is 22.4 Å². The van der Waals surface area contributed by atoms with E-state index in [2.05, 4.69) is 37.9 Å². The van der Waals surface area contributed by atoms with Crippen LogP contribution in [0.2, 0.25) is 0 Å². The predicted octanol–water partition coefficient (Wildman–Crippen LogP) is 4.36. The summed E-state index contributed by atoms with van der Waals surface area (Å²) in [5, 5.41) is 25.5. The molecule has 3 aromatic heterocycles. The molecule has 0 bridgehead atoms. The van der Waals surface area contributed by atoms with Crippen LogP contribution in [0.5, 0.6) is 0 Å². The number of carbonyl (C=O) groups excluding carboxylic acids is 1. The van der Waals surface area contributed by atoms with Crippen molar-refractivity contribution in [3.63, 3.8) is 0 Å². The first-order chi connectivity index (χ1) is 20.5. The van der Waals surface area contributed by atoms with E-state index < -0.39 is 18.2 Å². The van der Waals surface area contributed by atoms with Gasteiger partial charge in [-0.25, -0.2) is 19.1 Å². The van der Waals surface area contributed by atoms with Crippen LogP contribution in [0, 0.1) is 0 Å². The molecule has 42 heavy (non-hydrogen) atoms. The fraction of sp³-hybridized carbons (Fsp3) is 0.276. The SMILES string of the molecule is CCc1c(NC(=O)OCC2COCCN2C(=O)O)cn2ncnc(Nc3ccc4c(cnn4Cc4ccccc4)c3)c12. The molecule has 1 atom stereocenters. The molecule has 6 rings (SSSR count). The molecule has 1 aliphatic rings. The van der Waals surface area contributed by atoms with Gasteiger partial charge in [-0.1, -0.05) is 37.3 Å². The van der Waals surface area contributed by atoms with Gasteiger partial charge in [0, 0.05) is 23.2 Å². The number of amides is 2. The van der Waals surface area contributed by atoms with E-state index in [4.69, 9.17) is 9.47 Å². The molecular formula is C29H30N8O5. The fourth-order valence-corrected chi connectivity index (χ4v) is 5.18. The van der Waals surface area contributed by atoms with E-state index in [1.165, 1.54) is 16.8 Å². The zero-order chi connectivity index (χ0) is 29.1. The Hall–Kier alpha value is -5.17. The van der Waals surface area contributed by atoms with Gasteiger partial charge in [0.25, 0.3) is 0 Å². The number of hydrogen-bond donors (Lipinski definition) is 3. The van der Waals surface area contributed by atoms with Gasteiger partial charge in [-0.05, 0) is 30.2 Å². The third-order valence-electron chi connectivity index (χ3n) is 7.23. The van der Waals surface area contributed by atoms with Crippen molar-refractivity contribution in [3.05, 3.63) is 78.4 Å². The molecular weight excluding hydrogens is 540 g/mol. The second-order valence-electron chi connectivity index (χ2n) is 9.89. The van der Waals surface area contributed by atoms with Crippen LogP contribution in [0.15, 0.2) is 67.3 Å². The Morgan fingerprint density at radius 2 is 2.02 bits per heavy atom. The van der Waals surface area contributed by atoms with Crippen LogP contribution >= 0.6 is 0 Å². The summed E-state index contributed by atoms with van der Waals surface area (Å²) >= 11 is 0. The Balaban J connectivity index is 1.19. The van der Waals surface area contributed by atoms with E-state index in [0.29, 0.717) is 36.6 Å². The van der Waals surface area contributed by atoms with E-state index in [1.807, 2.05) is 54.2 Å². The third-order valence-corrected chi connectivity index (χ3v) is 7.23. The van der Waals surface area contributed by atoms with Gasteiger partial charge in [-0.3, -0.25) is 14.9 Å². The highest BCUT2D eigenvalue weighted by Gasteiger charge is 2.28. The van der Waals surface area contributed by atoms with Gasteiger partial charge in [-0.2, -0.15) is 10.2 Å². The molecule has 1 fully saturated rings. The quantitative estimate of drug-likeness (QED) is 0.247. The highest BCUT2D eigenvalue weighted by Crippen LogP contribution is 2.30. The number of ether oxygens (including phenoxy) is 2. The Kier molecular flexibility index (Phi) is 7.56. The van der Waals surface area contributed by atoms with Crippen molar-refractivity contribution in [2.75, 3.05) is 37.0 Å². The highest BCUT2D eigenvalue weighted by molar-refractivity contribution is 5.91. The first kappa shape index (κ1) is 27.0. The second-order valence-corrected chi connectivity index (χ2v) is 9.89. The lowest BCUT2D eigenvalue weighted by Crippen LogP contribution is -2.50. The number of aromatic nitrogens is 5. The number of carbonyl (C=O) groups is 2. The minimum Gasteiger partial charge on any atom is -0.465 e.